The number of sulfone groups is 1. The van der Waals surface area contributed by atoms with Crippen LogP contribution in [0.4, 0.5) is 0 Å². The van der Waals surface area contributed by atoms with Crippen LogP contribution in [0.25, 0.3) is 0 Å². The van der Waals surface area contributed by atoms with E-state index in [1.54, 1.807) is 0 Å². The van der Waals surface area contributed by atoms with E-state index >= 15 is 0 Å². The third kappa shape index (κ3) is 3.86. The first-order valence-corrected chi connectivity index (χ1v) is 4.16. The predicted molar refractivity (Wildman–Crippen MR) is 33.5 cm³/mol. The van der Waals surface area contributed by atoms with Gasteiger partial charge in [-0.25, -0.2) is 8.42 Å². The van der Waals surface area contributed by atoms with Crippen LogP contribution in [-0.2, 0) is 14.6 Å². The Morgan fingerprint density at radius 3 is 2.40 bits per heavy atom. The molecular formula is C4H6N2O3S. The lowest BCUT2D eigenvalue weighted by Crippen LogP contribution is -2.24. The Hall–Kier alpha value is -1.09. The van der Waals surface area contributed by atoms with Gasteiger partial charge in [0, 0.05) is 0 Å². The van der Waals surface area contributed by atoms with Crippen LogP contribution in [0.2, 0.25) is 0 Å². The summed E-state index contributed by atoms with van der Waals surface area (Å²) in [6.45, 7) is 0. The molecule has 0 spiro atoms. The maximum atomic E-state index is 10.5. The van der Waals surface area contributed by atoms with Gasteiger partial charge >= 0.3 is 0 Å². The second-order valence-corrected chi connectivity index (χ2v) is 3.72. The summed E-state index contributed by atoms with van der Waals surface area (Å²) < 4.78 is 21.0. The number of rotatable bonds is 3. The van der Waals surface area contributed by atoms with Crippen LogP contribution in [0, 0.1) is 11.3 Å². The van der Waals surface area contributed by atoms with E-state index in [-0.39, 0.29) is 0 Å². The molecule has 0 aliphatic carbocycles. The van der Waals surface area contributed by atoms with Gasteiger partial charge in [-0.1, -0.05) is 0 Å². The van der Waals surface area contributed by atoms with Crippen molar-refractivity contribution in [2.24, 2.45) is 5.73 Å². The molecule has 0 bridgehead atoms. The SMILES string of the molecule is N#CCS(=O)(=O)CC(N)=O. The summed E-state index contributed by atoms with van der Waals surface area (Å²) >= 11 is 0. The molecular weight excluding hydrogens is 156 g/mol. The van der Waals surface area contributed by atoms with Gasteiger partial charge in [-0.15, -0.1) is 0 Å². The van der Waals surface area contributed by atoms with Gasteiger partial charge in [0.25, 0.3) is 0 Å². The average Bonchev–Trinajstić information content (AvgIpc) is 1.59. The average molecular weight is 162 g/mol. The lowest BCUT2D eigenvalue weighted by molar-refractivity contribution is -0.115. The first kappa shape index (κ1) is 8.91. The van der Waals surface area contributed by atoms with Gasteiger partial charge in [-0.05, 0) is 0 Å². The van der Waals surface area contributed by atoms with Crippen LogP contribution in [-0.4, -0.2) is 25.8 Å². The molecule has 5 nitrogen and oxygen atoms in total. The van der Waals surface area contributed by atoms with Gasteiger partial charge in [-0.2, -0.15) is 5.26 Å². The monoisotopic (exact) mass is 162 g/mol. The highest BCUT2D eigenvalue weighted by molar-refractivity contribution is 7.92. The van der Waals surface area contributed by atoms with Gasteiger partial charge in [0.1, 0.15) is 11.5 Å². The highest BCUT2D eigenvalue weighted by Gasteiger charge is 2.12. The zero-order chi connectivity index (χ0) is 8.20. The van der Waals surface area contributed by atoms with E-state index in [1.165, 1.54) is 6.07 Å². The standard InChI is InChI=1S/C4H6N2O3S/c5-1-2-10(8,9)3-4(6)7/h2-3H2,(H2,6,7). The van der Waals surface area contributed by atoms with Gasteiger partial charge in [0.2, 0.25) is 5.91 Å². The summed E-state index contributed by atoms with van der Waals surface area (Å²) in [7, 11) is -3.57. The molecule has 0 saturated heterocycles. The van der Waals surface area contributed by atoms with Crippen LogP contribution >= 0.6 is 0 Å². The Kier molecular flexibility index (Phi) is 2.83. The molecule has 6 heteroatoms. The van der Waals surface area contributed by atoms with Crippen LogP contribution in [0.3, 0.4) is 0 Å². The van der Waals surface area contributed by atoms with Crippen molar-refractivity contribution in [1.82, 2.24) is 0 Å². The Labute approximate surface area is 58.4 Å². The summed E-state index contributed by atoms with van der Waals surface area (Å²) in [5.74, 6) is -2.34. The zero-order valence-electron chi connectivity index (χ0n) is 5.07. The Bertz CT molecular complexity index is 261. The third-order valence-corrected chi connectivity index (χ3v) is 1.94. The van der Waals surface area contributed by atoms with Crippen molar-refractivity contribution in [2.45, 2.75) is 0 Å². The quantitative estimate of drug-likeness (QED) is 0.540. The largest absolute Gasteiger partial charge is 0.369 e. The van der Waals surface area contributed by atoms with E-state index in [0.717, 1.165) is 0 Å². The van der Waals surface area contributed by atoms with Crippen molar-refractivity contribution in [2.75, 3.05) is 11.5 Å². The molecule has 0 aromatic carbocycles. The van der Waals surface area contributed by atoms with Crippen molar-refractivity contribution >= 4 is 15.7 Å². The second kappa shape index (κ2) is 3.17. The van der Waals surface area contributed by atoms with Gasteiger partial charge < -0.3 is 5.73 Å². The van der Waals surface area contributed by atoms with E-state index in [2.05, 4.69) is 5.73 Å². The van der Waals surface area contributed by atoms with Gasteiger partial charge in [-0.3, -0.25) is 4.79 Å². The number of hydrogen-bond acceptors (Lipinski definition) is 4. The van der Waals surface area contributed by atoms with Gasteiger partial charge in [0.05, 0.1) is 6.07 Å². The van der Waals surface area contributed by atoms with Crippen molar-refractivity contribution < 1.29 is 13.2 Å². The molecule has 0 aromatic heterocycles. The Morgan fingerprint density at radius 1 is 1.60 bits per heavy atom. The normalized spacial score (nSPS) is 10.3. The zero-order valence-corrected chi connectivity index (χ0v) is 5.89. The molecule has 0 rings (SSSR count). The Balaban J connectivity index is 4.19. The number of carbonyl (C=O) groups is 1. The Morgan fingerprint density at radius 2 is 2.10 bits per heavy atom. The minimum Gasteiger partial charge on any atom is -0.369 e. The van der Waals surface area contributed by atoms with Crippen molar-refractivity contribution in [3.63, 3.8) is 0 Å². The number of nitrogens with zero attached hydrogens (tertiary/aromatic N) is 1. The highest BCUT2D eigenvalue weighted by Crippen LogP contribution is 1.86. The smallest absolute Gasteiger partial charge is 0.232 e. The van der Waals surface area contributed by atoms with Crippen LogP contribution in [0.1, 0.15) is 0 Å². The number of amides is 1. The summed E-state index contributed by atoms with van der Waals surface area (Å²) in [6, 6.07) is 1.42. The summed E-state index contributed by atoms with van der Waals surface area (Å²) in [5, 5.41) is 7.93. The molecule has 0 radical (unpaired) electrons. The summed E-state index contributed by atoms with van der Waals surface area (Å²) in [4.78, 5) is 10.0. The van der Waals surface area contributed by atoms with Crippen LogP contribution in [0.5, 0.6) is 0 Å². The highest BCUT2D eigenvalue weighted by atomic mass is 32.2. The van der Waals surface area contributed by atoms with Crippen molar-refractivity contribution in [3.8, 4) is 6.07 Å². The summed E-state index contributed by atoms with van der Waals surface area (Å²) in [6.07, 6.45) is 0. The lowest BCUT2D eigenvalue weighted by atomic mass is 10.8. The maximum Gasteiger partial charge on any atom is 0.232 e. The number of primary amides is 1. The number of hydrogen-bond donors (Lipinski definition) is 1. The molecule has 0 aromatic rings. The molecule has 0 aliphatic heterocycles. The molecule has 56 valence electrons. The predicted octanol–water partition coefficient (Wildman–Crippen LogP) is -1.59. The molecule has 0 heterocycles. The number of nitriles is 1. The maximum absolute atomic E-state index is 10.5. The molecule has 2 N–H and O–H groups in total. The van der Waals surface area contributed by atoms with Crippen molar-refractivity contribution in [1.29, 1.82) is 5.26 Å². The third-order valence-electron chi connectivity index (χ3n) is 0.647. The van der Waals surface area contributed by atoms with Crippen LogP contribution < -0.4 is 5.73 Å². The molecule has 0 atom stereocenters. The molecule has 0 aliphatic rings. The molecule has 0 fully saturated rings. The summed E-state index contributed by atoms with van der Waals surface area (Å²) in [5.41, 5.74) is 4.58. The number of carbonyl (C=O) groups excluding carboxylic acids is 1. The van der Waals surface area contributed by atoms with E-state index in [1.807, 2.05) is 0 Å². The van der Waals surface area contributed by atoms with Gasteiger partial charge in [0.15, 0.2) is 9.84 Å². The molecule has 1 amide bonds. The second-order valence-electron chi connectivity index (χ2n) is 1.66. The fraction of sp³-hybridized carbons (Fsp3) is 0.500. The molecule has 0 saturated carbocycles. The van der Waals surface area contributed by atoms with E-state index in [4.69, 9.17) is 5.26 Å². The first-order valence-electron chi connectivity index (χ1n) is 2.33. The topological polar surface area (TPSA) is 101 Å². The van der Waals surface area contributed by atoms with E-state index in [0.29, 0.717) is 0 Å². The van der Waals surface area contributed by atoms with E-state index in [9.17, 15) is 13.2 Å². The minimum absolute atomic E-state index is 0.657. The van der Waals surface area contributed by atoms with Crippen LogP contribution in [0.15, 0.2) is 0 Å². The fourth-order valence-electron chi connectivity index (χ4n) is 0.366. The fourth-order valence-corrected chi connectivity index (χ4v) is 1.10. The minimum atomic E-state index is -3.57. The molecule has 10 heavy (non-hydrogen) atoms. The van der Waals surface area contributed by atoms with E-state index < -0.39 is 27.3 Å². The first-order chi connectivity index (χ1) is 4.48. The molecule has 0 unspecified atom stereocenters. The van der Waals surface area contributed by atoms with Crippen molar-refractivity contribution in [3.05, 3.63) is 0 Å². The lowest BCUT2D eigenvalue weighted by Gasteiger charge is -1.91. The number of nitrogens with two attached hydrogens (primary N) is 1.